The molecule has 0 saturated carbocycles. The first kappa shape index (κ1) is 4.81. The summed E-state index contributed by atoms with van der Waals surface area (Å²) in [5.41, 5.74) is 0. The van der Waals surface area contributed by atoms with E-state index in [4.69, 9.17) is 5.11 Å². The summed E-state index contributed by atoms with van der Waals surface area (Å²) in [7, 11) is 0. The van der Waals surface area contributed by atoms with Gasteiger partial charge in [0.2, 0.25) is 0 Å². The molecule has 0 fully saturated rings. The number of aliphatic hydroxyl groups excluding tert-OH is 1. The van der Waals surface area contributed by atoms with Crippen molar-refractivity contribution in [3.05, 3.63) is 12.2 Å². The SMILES string of the molecule is OC[C@@H]1C=CCN1. The molecule has 1 aliphatic rings. The van der Waals surface area contributed by atoms with Crippen LogP contribution >= 0.6 is 0 Å². The zero-order chi connectivity index (χ0) is 5.11. The van der Waals surface area contributed by atoms with Crippen molar-refractivity contribution in [2.75, 3.05) is 13.2 Å². The maximum Gasteiger partial charge on any atom is 0.0620 e. The van der Waals surface area contributed by atoms with Gasteiger partial charge in [0.1, 0.15) is 0 Å². The molecule has 0 aromatic rings. The van der Waals surface area contributed by atoms with Gasteiger partial charge in [0.25, 0.3) is 0 Å². The molecule has 0 aromatic carbocycles. The highest BCUT2D eigenvalue weighted by atomic mass is 16.3. The third-order valence-corrected chi connectivity index (χ3v) is 1.06. The second kappa shape index (κ2) is 2.09. The lowest BCUT2D eigenvalue weighted by atomic mass is 10.3. The molecule has 40 valence electrons. The number of hydrogen-bond donors (Lipinski definition) is 2. The van der Waals surface area contributed by atoms with Gasteiger partial charge in [-0.3, -0.25) is 0 Å². The van der Waals surface area contributed by atoms with Gasteiger partial charge in [0, 0.05) is 12.6 Å². The molecule has 1 atom stereocenters. The van der Waals surface area contributed by atoms with Crippen LogP contribution < -0.4 is 5.32 Å². The normalized spacial score (nSPS) is 29.0. The van der Waals surface area contributed by atoms with E-state index >= 15 is 0 Å². The van der Waals surface area contributed by atoms with Crippen LogP contribution in [0.2, 0.25) is 0 Å². The largest absolute Gasteiger partial charge is 0.394 e. The maximum absolute atomic E-state index is 8.45. The van der Waals surface area contributed by atoms with Crippen molar-refractivity contribution in [2.24, 2.45) is 0 Å². The highest BCUT2D eigenvalue weighted by Crippen LogP contribution is 1.90. The lowest BCUT2D eigenvalue weighted by Gasteiger charge is -2.00. The number of rotatable bonds is 1. The Balaban J connectivity index is 2.28. The summed E-state index contributed by atoms with van der Waals surface area (Å²) < 4.78 is 0. The van der Waals surface area contributed by atoms with Crippen molar-refractivity contribution in [2.45, 2.75) is 6.04 Å². The molecule has 2 heteroatoms. The predicted molar refractivity (Wildman–Crippen MR) is 28.0 cm³/mol. The fraction of sp³-hybridized carbons (Fsp3) is 0.600. The average Bonchev–Trinajstić information content (AvgIpc) is 2.14. The van der Waals surface area contributed by atoms with Crippen molar-refractivity contribution in [1.82, 2.24) is 5.32 Å². The quantitative estimate of drug-likeness (QED) is 0.435. The van der Waals surface area contributed by atoms with Gasteiger partial charge >= 0.3 is 0 Å². The molecule has 0 saturated heterocycles. The number of hydrogen-bond acceptors (Lipinski definition) is 2. The molecule has 2 N–H and O–H groups in total. The van der Waals surface area contributed by atoms with E-state index in [9.17, 15) is 0 Å². The van der Waals surface area contributed by atoms with E-state index in [-0.39, 0.29) is 12.6 Å². The Morgan fingerprint density at radius 2 is 2.71 bits per heavy atom. The zero-order valence-electron chi connectivity index (χ0n) is 4.09. The smallest absolute Gasteiger partial charge is 0.0620 e. The van der Waals surface area contributed by atoms with E-state index in [0.717, 1.165) is 6.54 Å². The van der Waals surface area contributed by atoms with E-state index in [0.29, 0.717) is 0 Å². The van der Waals surface area contributed by atoms with E-state index in [1.165, 1.54) is 0 Å². The molecule has 0 bridgehead atoms. The zero-order valence-corrected chi connectivity index (χ0v) is 4.09. The number of nitrogens with one attached hydrogen (secondary N) is 1. The van der Waals surface area contributed by atoms with E-state index in [1.807, 2.05) is 12.2 Å². The summed E-state index contributed by atoms with van der Waals surface area (Å²) in [5, 5.41) is 11.5. The van der Waals surface area contributed by atoms with Crippen LogP contribution in [0.5, 0.6) is 0 Å². The highest BCUT2D eigenvalue weighted by molar-refractivity contribution is 5.01. The minimum atomic E-state index is 0.219. The fourth-order valence-electron chi connectivity index (χ4n) is 0.645. The van der Waals surface area contributed by atoms with Crippen LogP contribution in [-0.4, -0.2) is 24.3 Å². The minimum absolute atomic E-state index is 0.219. The maximum atomic E-state index is 8.45. The lowest BCUT2D eigenvalue weighted by Crippen LogP contribution is -2.25. The lowest BCUT2D eigenvalue weighted by molar-refractivity contribution is 0.271. The number of aliphatic hydroxyl groups is 1. The Bertz CT molecular complexity index is 80.1. The van der Waals surface area contributed by atoms with E-state index in [2.05, 4.69) is 5.32 Å². The van der Waals surface area contributed by atoms with E-state index in [1.54, 1.807) is 0 Å². The van der Waals surface area contributed by atoms with Gasteiger partial charge < -0.3 is 10.4 Å². The predicted octanol–water partition coefficient (Wildman–Crippen LogP) is -0.493. The van der Waals surface area contributed by atoms with Crippen molar-refractivity contribution in [3.63, 3.8) is 0 Å². The van der Waals surface area contributed by atoms with Crippen LogP contribution in [0, 0.1) is 0 Å². The molecule has 0 unspecified atom stereocenters. The van der Waals surface area contributed by atoms with Crippen LogP contribution in [0.3, 0.4) is 0 Å². The van der Waals surface area contributed by atoms with Crippen molar-refractivity contribution in [1.29, 1.82) is 0 Å². The summed E-state index contributed by atoms with van der Waals surface area (Å²) in [6, 6.07) is 0.222. The first-order valence-electron chi connectivity index (χ1n) is 2.44. The molecule has 0 aliphatic carbocycles. The summed E-state index contributed by atoms with van der Waals surface area (Å²) in [5.74, 6) is 0. The van der Waals surface area contributed by atoms with Gasteiger partial charge in [-0.25, -0.2) is 0 Å². The monoisotopic (exact) mass is 99.1 g/mol. The summed E-state index contributed by atoms with van der Waals surface area (Å²) in [6.45, 7) is 1.13. The molecule has 1 aliphatic heterocycles. The van der Waals surface area contributed by atoms with Crippen LogP contribution in [0.25, 0.3) is 0 Å². The summed E-state index contributed by atoms with van der Waals surface area (Å²) >= 11 is 0. The molecule has 1 heterocycles. The van der Waals surface area contributed by atoms with Crippen molar-refractivity contribution in [3.8, 4) is 0 Å². The standard InChI is InChI=1S/C5H9NO/c7-4-5-2-1-3-6-5/h1-2,5-7H,3-4H2/t5-/m0/s1. The Morgan fingerprint density at radius 3 is 3.00 bits per heavy atom. The summed E-state index contributed by atoms with van der Waals surface area (Å²) in [4.78, 5) is 0. The van der Waals surface area contributed by atoms with Gasteiger partial charge in [0.05, 0.1) is 6.61 Å². The third kappa shape index (κ3) is 1.01. The van der Waals surface area contributed by atoms with Gasteiger partial charge in [-0.2, -0.15) is 0 Å². The third-order valence-electron chi connectivity index (χ3n) is 1.06. The molecule has 0 amide bonds. The first-order chi connectivity index (χ1) is 3.43. The molecular formula is C5H9NO. The minimum Gasteiger partial charge on any atom is -0.394 e. The van der Waals surface area contributed by atoms with Gasteiger partial charge in [0.15, 0.2) is 0 Å². The first-order valence-corrected chi connectivity index (χ1v) is 2.44. The molecule has 0 radical (unpaired) electrons. The van der Waals surface area contributed by atoms with Crippen LogP contribution in [-0.2, 0) is 0 Å². The molecule has 7 heavy (non-hydrogen) atoms. The fourth-order valence-corrected chi connectivity index (χ4v) is 0.645. The molecule has 2 nitrogen and oxygen atoms in total. The van der Waals surface area contributed by atoms with Gasteiger partial charge in [-0.15, -0.1) is 0 Å². The molecular weight excluding hydrogens is 90.1 g/mol. The van der Waals surface area contributed by atoms with Crippen LogP contribution in [0.4, 0.5) is 0 Å². The second-order valence-corrected chi connectivity index (χ2v) is 1.63. The van der Waals surface area contributed by atoms with E-state index < -0.39 is 0 Å². The van der Waals surface area contributed by atoms with Gasteiger partial charge in [-0.1, -0.05) is 12.2 Å². The van der Waals surface area contributed by atoms with Crippen molar-refractivity contribution >= 4 is 0 Å². The highest BCUT2D eigenvalue weighted by Gasteiger charge is 2.03. The Kier molecular flexibility index (Phi) is 1.44. The molecule has 1 rings (SSSR count). The Labute approximate surface area is 42.8 Å². The van der Waals surface area contributed by atoms with Crippen LogP contribution in [0.1, 0.15) is 0 Å². The van der Waals surface area contributed by atoms with Crippen LogP contribution in [0.15, 0.2) is 12.2 Å². The second-order valence-electron chi connectivity index (χ2n) is 1.63. The van der Waals surface area contributed by atoms with Crippen molar-refractivity contribution < 1.29 is 5.11 Å². The topological polar surface area (TPSA) is 32.3 Å². The molecule has 0 aromatic heterocycles. The Morgan fingerprint density at radius 1 is 1.86 bits per heavy atom. The molecule has 0 spiro atoms. The van der Waals surface area contributed by atoms with Gasteiger partial charge in [-0.05, 0) is 0 Å². The Hall–Kier alpha value is -0.340. The average molecular weight is 99.1 g/mol. The summed E-state index contributed by atoms with van der Waals surface area (Å²) in [6.07, 6.45) is 3.99.